The van der Waals surface area contributed by atoms with E-state index in [1.54, 1.807) is 0 Å². The minimum atomic E-state index is 0.0356. The molecule has 3 rings (SSSR count). The van der Waals surface area contributed by atoms with Crippen molar-refractivity contribution in [2.45, 2.75) is 58.4 Å². The maximum absolute atomic E-state index is 13.1. The van der Waals surface area contributed by atoms with Gasteiger partial charge in [-0.2, -0.15) is 0 Å². The van der Waals surface area contributed by atoms with Crippen molar-refractivity contribution >= 4 is 5.78 Å². The third-order valence-corrected chi connectivity index (χ3v) is 5.85. The van der Waals surface area contributed by atoms with E-state index >= 15 is 0 Å². The summed E-state index contributed by atoms with van der Waals surface area (Å²) in [7, 11) is 0. The summed E-state index contributed by atoms with van der Waals surface area (Å²) < 4.78 is 0. The number of ketones is 1. The van der Waals surface area contributed by atoms with E-state index in [2.05, 4.69) is 18.7 Å². The Morgan fingerprint density at radius 1 is 1.00 bits per heavy atom. The van der Waals surface area contributed by atoms with Crippen LogP contribution in [0.1, 0.15) is 78.9 Å². The first-order valence-electron chi connectivity index (χ1n) is 10.3. The predicted molar refractivity (Wildman–Crippen MR) is 110 cm³/mol. The molecule has 0 unspecified atom stereocenters. The van der Waals surface area contributed by atoms with Crippen LogP contribution in [0.15, 0.2) is 42.5 Å². The second-order valence-electron chi connectivity index (χ2n) is 7.56. The van der Waals surface area contributed by atoms with E-state index in [9.17, 15) is 9.90 Å². The molecule has 2 aromatic carbocycles. The van der Waals surface area contributed by atoms with Crippen LogP contribution < -0.4 is 0 Å². The van der Waals surface area contributed by atoms with Crippen LogP contribution in [0.25, 0.3) is 0 Å². The molecule has 0 heterocycles. The van der Waals surface area contributed by atoms with Gasteiger partial charge in [0.05, 0.1) is 0 Å². The number of hydrogen-bond donors (Lipinski definition) is 1. The second kappa shape index (κ2) is 9.18. The van der Waals surface area contributed by atoms with Gasteiger partial charge in [-0.3, -0.25) is 9.69 Å². The smallest absolute Gasteiger partial charge is 0.193 e. The summed E-state index contributed by atoms with van der Waals surface area (Å²) in [5, 5.41) is 11.0. The Balaban J connectivity index is 2.02. The Bertz CT molecular complexity index is 759. The minimum Gasteiger partial charge on any atom is -0.507 e. The van der Waals surface area contributed by atoms with Gasteiger partial charge in [0.1, 0.15) is 5.75 Å². The van der Waals surface area contributed by atoms with E-state index in [1.165, 1.54) is 19.3 Å². The second-order valence-corrected chi connectivity index (χ2v) is 7.56. The molecular weight excluding hydrogens is 334 g/mol. The molecule has 3 heteroatoms. The van der Waals surface area contributed by atoms with Crippen LogP contribution in [0.5, 0.6) is 5.75 Å². The van der Waals surface area contributed by atoms with Gasteiger partial charge in [-0.15, -0.1) is 0 Å². The van der Waals surface area contributed by atoms with Crippen molar-refractivity contribution in [3.05, 3.63) is 64.7 Å². The van der Waals surface area contributed by atoms with Gasteiger partial charge in [-0.25, -0.2) is 0 Å². The third-order valence-electron chi connectivity index (χ3n) is 5.85. The zero-order valence-electron chi connectivity index (χ0n) is 16.6. The van der Waals surface area contributed by atoms with Gasteiger partial charge < -0.3 is 5.11 Å². The van der Waals surface area contributed by atoms with E-state index < -0.39 is 0 Å². The SMILES string of the molecule is CCN(CC)Cc1cc(C(=O)c2ccccc2)cc(C2CCCCC2)c1O. The number of rotatable bonds is 7. The van der Waals surface area contributed by atoms with E-state index in [0.29, 0.717) is 29.3 Å². The highest BCUT2D eigenvalue weighted by Gasteiger charge is 2.23. The molecule has 0 saturated heterocycles. The number of aromatic hydroxyl groups is 1. The summed E-state index contributed by atoms with van der Waals surface area (Å²) in [5.74, 6) is 0.796. The molecule has 0 aromatic heterocycles. The fraction of sp³-hybridized carbons (Fsp3) is 0.458. The van der Waals surface area contributed by atoms with Crippen LogP contribution in [-0.2, 0) is 6.54 Å². The first kappa shape index (κ1) is 19.6. The molecule has 1 N–H and O–H groups in total. The van der Waals surface area contributed by atoms with Gasteiger partial charge in [0.15, 0.2) is 5.78 Å². The molecule has 27 heavy (non-hydrogen) atoms. The number of carbonyl (C=O) groups is 1. The summed E-state index contributed by atoms with van der Waals surface area (Å²) in [4.78, 5) is 15.3. The monoisotopic (exact) mass is 365 g/mol. The fourth-order valence-corrected chi connectivity index (χ4v) is 4.14. The number of phenols is 1. The van der Waals surface area contributed by atoms with Crippen molar-refractivity contribution in [3.8, 4) is 5.75 Å². The van der Waals surface area contributed by atoms with E-state index in [0.717, 1.165) is 37.1 Å². The standard InChI is InChI=1S/C24H31NO2/c1-3-25(4-2)17-21-15-20(23(26)19-13-9-6-10-14-19)16-22(24(21)27)18-11-7-5-8-12-18/h6,9-10,13-16,18,27H,3-5,7-8,11-12,17H2,1-2H3. The number of nitrogens with zero attached hydrogens (tertiary/aromatic N) is 1. The van der Waals surface area contributed by atoms with Crippen molar-refractivity contribution in [2.24, 2.45) is 0 Å². The van der Waals surface area contributed by atoms with Gasteiger partial charge >= 0.3 is 0 Å². The van der Waals surface area contributed by atoms with Crippen LogP contribution in [0, 0.1) is 0 Å². The highest BCUT2D eigenvalue weighted by Crippen LogP contribution is 2.40. The van der Waals surface area contributed by atoms with Gasteiger partial charge in [0.25, 0.3) is 0 Å². The molecule has 1 fully saturated rings. The molecule has 1 aliphatic carbocycles. The lowest BCUT2D eigenvalue weighted by Gasteiger charge is -2.26. The van der Waals surface area contributed by atoms with Crippen LogP contribution in [-0.4, -0.2) is 28.9 Å². The van der Waals surface area contributed by atoms with Gasteiger partial charge in [-0.1, -0.05) is 63.4 Å². The van der Waals surface area contributed by atoms with Crippen LogP contribution >= 0.6 is 0 Å². The first-order valence-corrected chi connectivity index (χ1v) is 10.3. The number of carbonyl (C=O) groups excluding carboxylic acids is 1. The lowest BCUT2D eigenvalue weighted by molar-refractivity contribution is 0.103. The summed E-state index contributed by atoms with van der Waals surface area (Å²) in [5.41, 5.74) is 3.24. The summed E-state index contributed by atoms with van der Waals surface area (Å²) in [6, 6.07) is 13.3. The van der Waals surface area contributed by atoms with Crippen LogP contribution in [0.4, 0.5) is 0 Å². The summed E-state index contributed by atoms with van der Waals surface area (Å²) in [6.07, 6.45) is 5.87. The lowest BCUT2D eigenvalue weighted by Crippen LogP contribution is -2.22. The quantitative estimate of drug-likeness (QED) is 0.658. The zero-order chi connectivity index (χ0) is 19.2. The normalized spacial score (nSPS) is 15.2. The molecule has 2 aromatic rings. The van der Waals surface area contributed by atoms with Gasteiger partial charge in [0, 0.05) is 23.2 Å². The Kier molecular flexibility index (Phi) is 6.68. The largest absolute Gasteiger partial charge is 0.507 e. The Morgan fingerprint density at radius 2 is 1.67 bits per heavy atom. The van der Waals surface area contributed by atoms with Crippen molar-refractivity contribution in [1.29, 1.82) is 0 Å². The van der Waals surface area contributed by atoms with Gasteiger partial charge in [0.2, 0.25) is 0 Å². The Morgan fingerprint density at radius 3 is 2.30 bits per heavy atom. The van der Waals surface area contributed by atoms with Crippen molar-refractivity contribution in [2.75, 3.05) is 13.1 Å². The molecule has 144 valence electrons. The highest BCUT2D eigenvalue weighted by molar-refractivity contribution is 6.09. The maximum atomic E-state index is 13.1. The lowest BCUT2D eigenvalue weighted by atomic mass is 9.81. The molecule has 0 atom stereocenters. The molecular formula is C24H31NO2. The first-order chi connectivity index (χ1) is 13.1. The van der Waals surface area contributed by atoms with Crippen LogP contribution in [0.2, 0.25) is 0 Å². The number of phenolic OH excluding ortho intramolecular Hbond substituents is 1. The topological polar surface area (TPSA) is 40.5 Å². The molecule has 0 aliphatic heterocycles. The Hall–Kier alpha value is -2.13. The zero-order valence-corrected chi connectivity index (χ0v) is 16.6. The average Bonchev–Trinajstić information content (AvgIpc) is 2.73. The van der Waals surface area contributed by atoms with Crippen molar-refractivity contribution < 1.29 is 9.90 Å². The van der Waals surface area contributed by atoms with Crippen molar-refractivity contribution in [1.82, 2.24) is 4.90 Å². The highest BCUT2D eigenvalue weighted by atomic mass is 16.3. The predicted octanol–water partition coefficient (Wildman–Crippen LogP) is 5.51. The number of benzene rings is 2. The average molecular weight is 366 g/mol. The molecule has 0 amide bonds. The molecule has 0 bridgehead atoms. The van der Waals surface area contributed by atoms with E-state index in [1.807, 2.05) is 42.5 Å². The van der Waals surface area contributed by atoms with Crippen LogP contribution in [0.3, 0.4) is 0 Å². The number of hydrogen-bond acceptors (Lipinski definition) is 3. The van der Waals surface area contributed by atoms with Gasteiger partial charge in [-0.05, 0) is 49.5 Å². The molecule has 1 saturated carbocycles. The summed E-state index contributed by atoms with van der Waals surface area (Å²) >= 11 is 0. The fourth-order valence-electron chi connectivity index (χ4n) is 4.14. The Labute approximate surface area is 163 Å². The molecule has 0 radical (unpaired) electrons. The van der Waals surface area contributed by atoms with E-state index in [-0.39, 0.29) is 5.78 Å². The molecule has 0 spiro atoms. The molecule has 1 aliphatic rings. The van der Waals surface area contributed by atoms with Crippen molar-refractivity contribution in [3.63, 3.8) is 0 Å². The maximum Gasteiger partial charge on any atom is 0.193 e. The van der Waals surface area contributed by atoms with E-state index in [4.69, 9.17) is 0 Å². The molecule has 3 nitrogen and oxygen atoms in total. The minimum absolute atomic E-state index is 0.0356. The summed E-state index contributed by atoms with van der Waals surface area (Å²) in [6.45, 7) is 6.77. The third kappa shape index (κ3) is 4.59.